The first-order chi connectivity index (χ1) is 30.7. The molecule has 0 fully saturated rings. The molecule has 1 aromatic heterocycles. The number of para-hydroxylation sites is 1. The summed E-state index contributed by atoms with van der Waals surface area (Å²) in [5.41, 5.74) is 22.9. The Kier molecular flexibility index (Phi) is 8.33. The van der Waals surface area contributed by atoms with Crippen molar-refractivity contribution in [2.45, 2.75) is 44.9 Å². The van der Waals surface area contributed by atoms with E-state index in [1.165, 1.54) is 61.2 Å². The van der Waals surface area contributed by atoms with Gasteiger partial charge in [0.2, 0.25) is 0 Å². The number of allylic oxidation sites excluding steroid dienone is 6. The second-order valence-electron chi connectivity index (χ2n) is 18.5. The van der Waals surface area contributed by atoms with E-state index in [1.54, 1.807) is 0 Å². The molecule has 302 valence electrons. The predicted octanol–water partition coefficient (Wildman–Crippen LogP) is 16.9. The van der Waals surface area contributed by atoms with Crippen LogP contribution >= 0.6 is 0 Å². The Hall–Kier alpha value is -7.42. The Balaban J connectivity index is 1.08. The molecule has 0 spiro atoms. The van der Waals surface area contributed by atoms with E-state index >= 15 is 0 Å². The zero-order chi connectivity index (χ0) is 42.5. The molecule has 0 aliphatic heterocycles. The summed E-state index contributed by atoms with van der Waals surface area (Å²) in [4.78, 5) is 2.48. The van der Waals surface area contributed by atoms with Crippen molar-refractivity contribution in [3.8, 4) is 44.5 Å². The third-order valence-electron chi connectivity index (χ3n) is 14.2. The van der Waals surface area contributed by atoms with E-state index in [-0.39, 0.29) is 10.8 Å². The maximum Gasteiger partial charge on any atom is 0.136 e. The first-order valence-electron chi connectivity index (χ1n) is 22.2. The van der Waals surface area contributed by atoms with Gasteiger partial charge < -0.3 is 9.32 Å². The molecule has 0 saturated carbocycles. The highest BCUT2D eigenvalue weighted by Crippen LogP contribution is 2.53. The lowest BCUT2D eigenvalue weighted by molar-refractivity contribution is 0.598. The van der Waals surface area contributed by atoms with Crippen LogP contribution in [0.2, 0.25) is 0 Å². The van der Waals surface area contributed by atoms with Crippen molar-refractivity contribution in [3.63, 3.8) is 0 Å². The fraction of sp³-hybridized carbons (Fsp3) is 0.115. The third kappa shape index (κ3) is 5.85. The number of furan rings is 1. The number of hydrogen-bond acceptors (Lipinski definition) is 2. The third-order valence-corrected chi connectivity index (χ3v) is 14.2. The number of anilines is 3. The SMILES string of the molecule is CC1(C)C2=CC=CC=C(C2)c2ccc(N(c3ccc(-c4cccc5c4-c4ccccc4C5(C)C)cc3)c3cc(-c4ccccc4)ccc3-c3ccc4c(c3)oc3ccccc34)cc21. The molecule has 3 aliphatic carbocycles. The average Bonchev–Trinajstić information content (AvgIpc) is 3.68. The van der Waals surface area contributed by atoms with Gasteiger partial charge in [-0.1, -0.05) is 185 Å². The molecule has 0 unspecified atom stereocenters. The smallest absolute Gasteiger partial charge is 0.136 e. The minimum absolute atomic E-state index is 0.0654. The summed E-state index contributed by atoms with van der Waals surface area (Å²) in [6.45, 7) is 9.48. The van der Waals surface area contributed by atoms with Gasteiger partial charge in [0, 0.05) is 38.5 Å². The van der Waals surface area contributed by atoms with Crippen molar-refractivity contribution in [1.82, 2.24) is 0 Å². The normalized spacial score (nSPS) is 15.3. The largest absolute Gasteiger partial charge is 0.456 e. The molecule has 63 heavy (non-hydrogen) atoms. The van der Waals surface area contributed by atoms with Gasteiger partial charge in [0.25, 0.3) is 0 Å². The van der Waals surface area contributed by atoms with Gasteiger partial charge in [-0.15, -0.1) is 0 Å². The van der Waals surface area contributed by atoms with Crippen LogP contribution in [0, 0.1) is 0 Å². The minimum Gasteiger partial charge on any atom is -0.456 e. The van der Waals surface area contributed by atoms with Gasteiger partial charge in [-0.2, -0.15) is 0 Å². The summed E-state index contributed by atoms with van der Waals surface area (Å²) in [7, 11) is 0. The molecule has 1 heterocycles. The van der Waals surface area contributed by atoms with Crippen LogP contribution in [0.15, 0.2) is 210 Å². The topological polar surface area (TPSA) is 16.4 Å². The van der Waals surface area contributed by atoms with Crippen LogP contribution < -0.4 is 4.90 Å². The average molecular weight is 810 g/mol. The van der Waals surface area contributed by atoms with Crippen molar-refractivity contribution in [2.75, 3.05) is 4.90 Å². The number of rotatable bonds is 6. The molecule has 8 aromatic carbocycles. The lowest BCUT2D eigenvalue weighted by Crippen LogP contribution is -2.27. The summed E-state index contributed by atoms with van der Waals surface area (Å²) in [6, 6.07) is 64.9. The molecule has 0 radical (unpaired) electrons. The lowest BCUT2D eigenvalue weighted by atomic mass is 9.67. The minimum atomic E-state index is -0.147. The van der Waals surface area contributed by atoms with Gasteiger partial charge in [0.1, 0.15) is 11.2 Å². The fourth-order valence-electron chi connectivity index (χ4n) is 10.8. The van der Waals surface area contributed by atoms with Gasteiger partial charge in [-0.05, 0) is 122 Å². The second-order valence-corrected chi connectivity index (χ2v) is 18.5. The van der Waals surface area contributed by atoms with Gasteiger partial charge in [-0.3, -0.25) is 0 Å². The van der Waals surface area contributed by atoms with Crippen LogP contribution in [-0.2, 0) is 10.8 Å². The number of fused-ring (bicyclic) bond motifs is 10. The van der Waals surface area contributed by atoms with Gasteiger partial charge in [-0.25, -0.2) is 0 Å². The van der Waals surface area contributed by atoms with E-state index in [4.69, 9.17) is 4.42 Å². The first-order valence-corrected chi connectivity index (χ1v) is 22.2. The van der Waals surface area contributed by atoms with E-state index in [0.717, 1.165) is 62.1 Å². The predicted molar refractivity (Wildman–Crippen MR) is 265 cm³/mol. The quantitative estimate of drug-likeness (QED) is 0.166. The molecule has 0 amide bonds. The van der Waals surface area contributed by atoms with Crippen molar-refractivity contribution < 1.29 is 4.42 Å². The van der Waals surface area contributed by atoms with E-state index in [9.17, 15) is 0 Å². The van der Waals surface area contributed by atoms with Crippen LogP contribution in [0.4, 0.5) is 17.1 Å². The van der Waals surface area contributed by atoms with Crippen molar-refractivity contribution >= 4 is 44.6 Å². The summed E-state index contributed by atoms with van der Waals surface area (Å²) < 4.78 is 6.50. The highest BCUT2D eigenvalue weighted by molar-refractivity contribution is 6.06. The molecule has 2 bridgehead atoms. The second kappa shape index (κ2) is 14.1. The van der Waals surface area contributed by atoms with Crippen molar-refractivity contribution in [2.24, 2.45) is 0 Å². The summed E-state index contributed by atoms with van der Waals surface area (Å²) in [6.07, 6.45) is 9.98. The van der Waals surface area contributed by atoms with Crippen LogP contribution in [-0.4, -0.2) is 0 Å². The van der Waals surface area contributed by atoms with Crippen LogP contribution in [0.1, 0.15) is 56.4 Å². The summed E-state index contributed by atoms with van der Waals surface area (Å²) in [5, 5.41) is 2.26. The highest BCUT2D eigenvalue weighted by Gasteiger charge is 2.37. The van der Waals surface area contributed by atoms with Gasteiger partial charge >= 0.3 is 0 Å². The van der Waals surface area contributed by atoms with Gasteiger partial charge in [0.05, 0.1) is 5.69 Å². The zero-order valence-electron chi connectivity index (χ0n) is 36.1. The molecule has 12 rings (SSSR count). The number of benzene rings is 8. The molecule has 2 heteroatoms. The van der Waals surface area contributed by atoms with E-state index in [2.05, 4.69) is 227 Å². The van der Waals surface area contributed by atoms with Crippen molar-refractivity contribution in [1.29, 1.82) is 0 Å². The Bertz CT molecular complexity index is 3410. The first kappa shape index (κ1) is 37.4. The fourth-order valence-corrected chi connectivity index (χ4v) is 10.8. The standard InChI is InChI=1S/C61H47NO/c1-60(2)44-18-9-8-17-42(35-44)47-34-31-46(38-55(47)60)62(45-29-25-40(26-30-45)49-21-14-23-54-59(49)52-20-10-12-22-53(52)61(54,3)4)56-36-41(39-15-6-5-7-16-39)27-32-48(56)43-28-33-51-50-19-11-13-24-57(50)63-58(51)37-43/h5-34,36-38H,35H2,1-4H3. The highest BCUT2D eigenvalue weighted by atomic mass is 16.3. The molecular formula is C61H47NO. The number of hydrogen-bond donors (Lipinski definition) is 0. The monoisotopic (exact) mass is 809 g/mol. The van der Waals surface area contributed by atoms with Crippen LogP contribution in [0.5, 0.6) is 0 Å². The maximum atomic E-state index is 6.50. The number of nitrogens with zero attached hydrogens (tertiary/aromatic N) is 1. The van der Waals surface area contributed by atoms with Crippen molar-refractivity contribution in [3.05, 3.63) is 228 Å². The van der Waals surface area contributed by atoms with E-state index < -0.39 is 0 Å². The molecule has 3 aliphatic rings. The summed E-state index contributed by atoms with van der Waals surface area (Å²) in [5.74, 6) is 0. The molecule has 9 aromatic rings. The molecule has 0 atom stereocenters. The Morgan fingerprint density at radius 3 is 1.98 bits per heavy atom. The van der Waals surface area contributed by atoms with E-state index in [0.29, 0.717) is 0 Å². The molecule has 0 N–H and O–H groups in total. The Morgan fingerprint density at radius 1 is 0.429 bits per heavy atom. The molecule has 2 nitrogen and oxygen atoms in total. The zero-order valence-corrected chi connectivity index (χ0v) is 36.1. The molecule has 0 saturated heterocycles. The van der Waals surface area contributed by atoms with Crippen LogP contribution in [0.25, 0.3) is 72.0 Å². The van der Waals surface area contributed by atoms with Crippen LogP contribution in [0.3, 0.4) is 0 Å². The Morgan fingerprint density at radius 2 is 1.11 bits per heavy atom. The maximum absolute atomic E-state index is 6.50. The molecular weight excluding hydrogens is 763 g/mol. The lowest BCUT2D eigenvalue weighted by Gasteiger charge is -2.38. The van der Waals surface area contributed by atoms with Gasteiger partial charge in [0.15, 0.2) is 0 Å². The summed E-state index contributed by atoms with van der Waals surface area (Å²) >= 11 is 0. The Labute approximate surface area is 369 Å². The van der Waals surface area contributed by atoms with E-state index in [1.807, 2.05) is 6.07 Å².